The monoisotopic (exact) mass is 743 g/mol. The Balaban J connectivity index is 1.22. The quantitative estimate of drug-likeness (QED) is 0.219. The number of ether oxygens (including phenoxy) is 8. The number of fused-ring (bicyclic) bond motifs is 5. The molecule has 3 heterocycles. The molecule has 298 valence electrons. The summed E-state index contributed by atoms with van der Waals surface area (Å²) in [5, 5.41) is 3.34. The molecule has 0 radical (unpaired) electrons. The first-order valence-corrected chi connectivity index (χ1v) is 20.3. The van der Waals surface area contributed by atoms with Crippen LogP contribution in [0.1, 0.15) is 85.5 Å². The van der Waals surface area contributed by atoms with Gasteiger partial charge in [0.1, 0.15) is 24.4 Å². The van der Waals surface area contributed by atoms with Crippen LogP contribution in [0.2, 0.25) is 0 Å². The molecule has 3 aliphatic heterocycles. The fourth-order valence-corrected chi connectivity index (χ4v) is 10.2. The number of allylic oxidation sites excluding steroid dienone is 5. The number of ketones is 1. The second-order valence-electron chi connectivity index (χ2n) is 16.2. The van der Waals surface area contributed by atoms with Gasteiger partial charge in [0, 0.05) is 39.2 Å². The van der Waals surface area contributed by atoms with Crippen molar-refractivity contribution < 1.29 is 47.5 Å². The van der Waals surface area contributed by atoms with Crippen LogP contribution in [-0.2, 0) is 47.5 Å². The minimum atomic E-state index is -0.600. The summed E-state index contributed by atoms with van der Waals surface area (Å²) >= 11 is 0. The lowest BCUT2D eigenvalue weighted by molar-refractivity contribution is -0.314. The van der Waals surface area contributed by atoms with Crippen LogP contribution < -0.4 is 5.32 Å². The number of likely N-dealkylation sites (N-methyl/N-ethyl adjacent to an activating group) is 1. The number of methoxy groups -OCH3 is 3. The third-order valence-corrected chi connectivity index (χ3v) is 13.1. The highest BCUT2D eigenvalue weighted by Crippen LogP contribution is 2.54. The van der Waals surface area contributed by atoms with Gasteiger partial charge in [-0.25, -0.2) is 0 Å². The Kier molecular flexibility index (Phi) is 14.1. The van der Waals surface area contributed by atoms with E-state index in [2.05, 4.69) is 43.5 Å². The van der Waals surface area contributed by atoms with Gasteiger partial charge in [-0.05, 0) is 108 Å². The third kappa shape index (κ3) is 8.88. The highest BCUT2D eigenvalue weighted by atomic mass is 16.7. The summed E-state index contributed by atoms with van der Waals surface area (Å²) in [6.07, 6.45) is 14.5. The zero-order valence-corrected chi connectivity index (χ0v) is 33.1. The van der Waals surface area contributed by atoms with Gasteiger partial charge in [-0.1, -0.05) is 38.2 Å². The van der Waals surface area contributed by atoms with Crippen molar-refractivity contribution in [3.8, 4) is 0 Å². The van der Waals surface area contributed by atoms with E-state index in [0.29, 0.717) is 12.8 Å². The standard InChI is InChI=1S/C42H65NO10/c1-9-10-12-27-13-11-14-35(53-37-18-17-34(43-5)24(3)49-37)23(2)38(45)33-21-31-29(32(33)22-36(44)51-27)16-15-26-19-28(20-30(26)31)52-42-41(48-8)40(47-7)39(46-6)25(4)50-42/h10,12,15-16,21,23-32,34-35,37,39-43H,9,11,13-14,17-20,22H2,1-8H3/b12-10+/t23-,24-,25+,26-,27+,28-,29-,30-,31-,32+,34+,35+,37+,39+,40-,41-,42+/m1/s1. The SMILES string of the molecule is CC/C=C/[C@H]1CCC[C@H](O[C@H]2CC[C@H](NC)[C@@H](C)O2)[C@@H](C)C(=O)C2=C[C@@H]3[C@@H](C=C[C@@H]4C[C@@H](O[C@@H]5O[C@@H](C)[C@H](OC)[C@@H](OC)[C@H]5OC)C[C@@H]34)[C@@H]2CC(=O)O1. The number of carbonyl (C=O) groups is 2. The van der Waals surface area contributed by atoms with Crippen molar-refractivity contribution in [2.45, 2.75) is 153 Å². The Morgan fingerprint density at radius 1 is 0.868 bits per heavy atom. The lowest BCUT2D eigenvalue weighted by atomic mass is 9.70. The molecule has 0 bridgehead atoms. The molecule has 3 saturated heterocycles. The fraction of sp³-hybridized carbons (Fsp3) is 0.810. The smallest absolute Gasteiger partial charge is 0.307 e. The van der Waals surface area contributed by atoms with Crippen LogP contribution in [0.15, 0.2) is 36.0 Å². The van der Waals surface area contributed by atoms with Crippen molar-refractivity contribution in [3.05, 3.63) is 36.0 Å². The summed E-state index contributed by atoms with van der Waals surface area (Å²) in [6, 6.07) is 0.279. The molecule has 0 amide bonds. The van der Waals surface area contributed by atoms with Crippen molar-refractivity contribution in [2.75, 3.05) is 28.4 Å². The number of hydrogen-bond donors (Lipinski definition) is 1. The maximum Gasteiger partial charge on any atom is 0.307 e. The fourth-order valence-electron chi connectivity index (χ4n) is 10.2. The van der Waals surface area contributed by atoms with Gasteiger partial charge in [0.15, 0.2) is 18.4 Å². The van der Waals surface area contributed by atoms with E-state index in [9.17, 15) is 9.59 Å². The highest BCUT2D eigenvalue weighted by Gasteiger charge is 2.52. The van der Waals surface area contributed by atoms with E-state index in [1.54, 1.807) is 21.3 Å². The predicted molar refractivity (Wildman–Crippen MR) is 199 cm³/mol. The Morgan fingerprint density at radius 2 is 1.64 bits per heavy atom. The van der Waals surface area contributed by atoms with Gasteiger partial charge >= 0.3 is 5.97 Å². The van der Waals surface area contributed by atoms with Gasteiger partial charge in [-0.3, -0.25) is 9.59 Å². The van der Waals surface area contributed by atoms with Crippen LogP contribution in [0, 0.1) is 35.5 Å². The molecule has 6 rings (SSSR count). The number of carbonyl (C=O) groups excluding carboxylic acids is 2. The lowest BCUT2D eigenvalue weighted by Crippen LogP contribution is -2.59. The van der Waals surface area contributed by atoms with Gasteiger partial charge in [-0.15, -0.1) is 0 Å². The summed E-state index contributed by atoms with van der Waals surface area (Å²) < 4.78 is 49.5. The second-order valence-corrected chi connectivity index (χ2v) is 16.2. The second kappa shape index (κ2) is 18.3. The number of Topliss-reactive ketones (excluding diaryl/α,β-unsaturated/α-hetero) is 1. The van der Waals surface area contributed by atoms with E-state index in [4.69, 9.17) is 37.9 Å². The minimum Gasteiger partial charge on any atom is -0.458 e. The van der Waals surface area contributed by atoms with E-state index in [0.717, 1.165) is 44.1 Å². The highest BCUT2D eigenvalue weighted by molar-refractivity contribution is 5.99. The third-order valence-electron chi connectivity index (χ3n) is 13.1. The molecule has 0 aromatic rings. The number of cyclic esters (lactones) is 1. The molecule has 0 unspecified atom stereocenters. The Labute approximate surface area is 316 Å². The van der Waals surface area contributed by atoms with Crippen molar-refractivity contribution in [3.63, 3.8) is 0 Å². The molecule has 11 nitrogen and oxygen atoms in total. The summed E-state index contributed by atoms with van der Waals surface area (Å²) in [4.78, 5) is 28.3. The van der Waals surface area contributed by atoms with Crippen LogP contribution in [0.3, 0.4) is 0 Å². The van der Waals surface area contributed by atoms with Crippen LogP contribution in [0.5, 0.6) is 0 Å². The predicted octanol–water partition coefficient (Wildman–Crippen LogP) is 5.70. The maximum absolute atomic E-state index is 14.7. The summed E-state index contributed by atoms with van der Waals surface area (Å²) in [5.41, 5.74) is 0.750. The molecule has 4 fully saturated rings. The van der Waals surface area contributed by atoms with Crippen molar-refractivity contribution in [1.82, 2.24) is 5.32 Å². The van der Waals surface area contributed by atoms with Gasteiger partial charge in [0.05, 0.1) is 30.8 Å². The number of rotatable bonds is 10. The number of nitrogens with one attached hydrogen (secondary N) is 1. The first-order chi connectivity index (χ1) is 25.6. The first-order valence-electron chi connectivity index (χ1n) is 20.3. The summed E-state index contributed by atoms with van der Waals surface area (Å²) in [7, 11) is 6.93. The maximum atomic E-state index is 14.7. The lowest BCUT2D eigenvalue weighted by Gasteiger charge is -2.44. The molecule has 0 spiro atoms. The zero-order valence-electron chi connectivity index (χ0n) is 33.1. The molecular formula is C42H65NO10. The minimum absolute atomic E-state index is 0.0140. The van der Waals surface area contributed by atoms with Crippen molar-refractivity contribution in [2.24, 2.45) is 35.5 Å². The number of esters is 1. The van der Waals surface area contributed by atoms with E-state index >= 15 is 0 Å². The van der Waals surface area contributed by atoms with Crippen LogP contribution in [0.25, 0.3) is 0 Å². The average molecular weight is 744 g/mol. The molecule has 3 aliphatic carbocycles. The molecule has 0 aromatic carbocycles. The normalized spacial score (nSPS) is 45.1. The van der Waals surface area contributed by atoms with Crippen molar-refractivity contribution >= 4 is 11.8 Å². The summed E-state index contributed by atoms with van der Waals surface area (Å²) in [6.45, 7) is 8.13. The van der Waals surface area contributed by atoms with E-state index < -0.39 is 12.4 Å². The molecule has 0 aromatic heterocycles. The molecule has 11 heteroatoms. The van der Waals surface area contributed by atoms with Gasteiger partial charge < -0.3 is 43.2 Å². The van der Waals surface area contributed by atoms with E-state index in [-0.39, 0.29) is 109 Å². The van der Waals surface area contributed by atoms with Crippen LogP contribution in [-0.4, -0.2) is 108 Å². The topological polar surface area (TPSA) is 120 Å². The molecular weight excluding hydrogens is 678 g/mol. The summed E-state index contributed by atoms with van der Waals surface area (Å²) in [5.74, 6) is -0.124. The number of hydrogen-bond acceptors (Lipinski definition) is 11. The molecule has 53 heavy (non-hydrogen) atoms. The Bertz CT molecular complexity index is 1330. The Hall–Kier alpha value is -1.96. The van der Waals surface area contributed by atoms with Gasteiger partial charge in [0.25, 0.3) is 0 Å². The first kappa shape index (κ1) is 40.7. The largest absolute Gasteiger partial charge is 0.458 e. The van der Waals surface area contributed by atoms with E-state index in [1.807, 2.05) is 27.0 Å². The van der Waals surface area contributed by atoms with Crippen LogP contribution >= 0.6 is 0 Å². The molecule has 17 atom stereocenters. The van der Waals surface area contributed by atoms with E-state index in [1.165, 1.54) is 0 Å². The average Bonchev–Trinajstić information content (AvgIpc) is 3.72. The molecule has 1 N–H and O–H groups in total. The van der Waals surface area contributed by atoms with Gasteiger partial charge in [0.2, 0.25) is 0 Å². The zero-order chi connectivity index (χ0) is 37.8. The molecule has 6 aliphatic rings. The Morgan fingerprint density at radius 3 is 2.34 bits per heavy atom. The van der Waals surface area contributed by atoms with Crippen LogP contribution in [0.4, 0.5) is 0 Å². The molecule has 1 saturated carbocycles. The van der Waals surface area contributed by atoms with Crippen molar-refractivity contribution in [1.29, 1.82) is 0 Å². The van der Waals surface area contributed by atoms with Gasteiger partial charge in [-0.2, -0.15) is 0 Å².